The van der Waals surface area contributed by atoms with Gasteiger partial charge in [0.2, 0.25) is 0 Å². The predicted octanol–water partition coefficient (Wildman–Crippen LogP) is 0.275. The number of hydrogen-bond donors (Lipinski definition) is 5. The SMILES string of the molecule is COc1ccc2c(O)n(CC3(CNC4CCNCC4)NC(=O)NC3=O)cc2c1. The number of aromatic hydroxyl groups is 1. The molecule has 2 aliphatic heterocycles. The summed E-state index contributed by atoms with van der Waals surface area (Å²) < 4.78 is 6.83. The van der Waals surface area contributed by atoms with Gasteiger partial charge in [-0.3, -0.25) is 10.1 Å². The molecule has 2 saturated heterocycles. The summed E-state index contributed by atoms with van der Waals surface area (Å²) in [6.07, 6.45) is 3.69. The van der Waals surface area contributed by atoms with Gasteiger partial charge in [-0.1, -0.05) is 0 Å². The van der Waals surface area contributed by atoms with Crippen LogP contribution in [0.3, 0.4) is 0 Å². The zero-order valence-corrected chi connectivity index (χ0v) is 15.7. The van der Waals surface area contributed by atoms with Crippen molar-refractivity contribution >= 4 is 22.7 Å². The summed E-state index contributed by atoms with van der Waals surface area (Å²) in [5.41, 5.74) is -1.17. The Morgan fingerprint density at radius 3 is 2.79 bits per heavy atom. The van der Waals surface area contributed by atoms with E-state index in [-0.39, 0.29) is 25.0 Å². The maximum atomic E-state index is 12.6. The topological polar surface area (TPSA) is 117 Å². The lowest BCUT2D eigenvalue weighted by Gasteiger charge is -2.31. The number of fused-ring (bicyclic) bond motifs is 1. The first-order valence-electron chi connectivity index (χ1n) is 9.44. The molecule has 0 aliphatic carbocycles. The lowest BCUT2D eigenvalue weighted by molar-refractivity contribution is -0.124. The van der Waals surface area contributed by atoms with Crippen molar-refractivity contribution in [3.63, 3.8) is 0 Å². The number of piperidine rings is 1. The summed E-state index contributed by atoms with van der Waals surface area (Å²) in [5, 5.41) is 23.9. The van der Waals surface area contributed by atoms with Gasteiger partial charge in [0.15, 0.2) is 11.4 Å². The van der Waals surface area contributed by atoms with Crippen LogP contribution in [0.25, 0.3) is 10.8 Å². The molecule has 28 heavy (non-hydrogen) atoms. The Kier molecular flexibility index (Phi) is 4.86. The van der Waals surface area contributed by atoms with Crippen molar-refractivity contribution in [1.29, 1.82) is 0 Å². The third kappa shape index (κ3) is 3.38. The van der Waals surface area contributed by atoms with Crippen LogP contribution in [0.1, 0.15) is 12.8 Å². The van der Waals surface area contributed by atoms with Crippen LogP contribution in [0.15, 0.2) is 24.4 Å². The number of carbonyl (C=O) groups excluding carboxylic acids is 2. The van der Waals surface area contributed by atoms with E-state index < -0.39 is 17.5 Å². The molecule has 2 fully saturated rings. The summed E-state index contributed by atoms with van der Waals surface area (Å²) in [6, 6.07) is 5.12. The number of rotatable bonds is 6. The standard InChI is InChI=1S/C19H25N5O4/c1-28-14-2-3-15-12(8-14)9-24(16(15)25)11-19(17(26)22-18(27)23-19)10-21-13-4-6-20-7-5-13/h2-3,8-9,13,20-21,25H,4-7,10-11H2,1H3,(H2,22,23,26,27). The van der Waals surface area contributed by atoms with E-state index in [0.29, 0.717) is 11.1 Å². The van der Waals surface area contributed by atoms with E-state index in [0.717, 1.165) is 31.3 Å². The fourth-order valence-electron chi connectivity index (χ4n) is 3.94. The smallest absolute Gasteiger partial charge is 0.322 e. The number of carbonyl (C=O) groups is 2. The largest absolute Gasteiger partial charge is 0.497 e. The zero-order valence-electron chi connectivity index (χ0n) is 15.7. The second-order valence-electron chi connectivity index (χ2n) is 7.43. The first-order valence-corrected chi connectivity index (χ1v) is 9.44. The summed E-state index contributed by atoms with van der Waals surface area (Å²) >= 11 is 0. The quantitative estimate of drug-likeness (QED) is 0.455. The fraction of sp³-hybridized carbons (Fsp3) is 0.474. The molecule has 1 atom stereocenters. The Balaban J connectivity index is 1.60. The number of methoxy groups -OCH3 is 1. The molecule has 1 aromatic heterocycles. The van der Waals surface area contributed by atoms with Crippen molar-refractivity contribution in [3.05, 3.63) is 24.4 Å². The van der Waals surface area contributed by atoms with Gasteiger partial charge in [0.1, 0.15) is 5.75 Å². The van der Waals surface area contributed by atoms with E-state index in [4.69, 9.17) is 4.74 Å². The Morgan fingerprint density at radius 2 is 2.11 bits per heavy atom. The third-order valence-electron chi connectivity index (χ3n) is 5.55. The predicted molar refractivity (Wildman–Crippen MR) is 103 cm³/mol. The number of nitrogens with one attached hydrogen (secondary N) is 4. The molecule has 3 amide bonds. The van der Waals surface area contributed by atoms with E-state index in [2.05, 4.69) is 21.3 Å². The number of urea groups is 1. The van der Waals surface area contributed by atoms with E-state index in [1.165, 1.54) is 0 Å². The second-order valence-corrected chi connectivity index (χ2v) is 7.43. The summed E-state index contributed by atoms with van der Waals surface area (Å²) in [4.78, 5) is 24.5. The Hall–Kier alpha value is -2.78. The van der Waals surface area contributed by atoms with Gasteiger partial charge in [-0.15, -0.1) is 0 Å². The number of benzene rings is 1. The molecule has 3 heterocycles. The highest BCUT2D eigenvalue weighted by Crippen LogP contribution is 2.31. The average molecular weight is 387 g/mol. The van der Waals surface area contributed by atoms with Crippen LogP contribution in [-0.2, 0) is 11.3 Å². The van der Waals surface area contributed by atoms with Crippen LogP contribution in [0.5, 0.6) is 11.6 Å². The Labute approximate surface area is 162 Å². The van der Waals surface area contributed by atoms with Gasteiger partial charge in [0, 0.05) is 29.6 Å². The van der Waals surface area contributed by atoms with Gasteiger partial charge < -0.3 is 30.4 Å². The number of ether oxygens (including phenoxy) is 1. The molecule has 9 nitrogen and oxygen atoms in total. The monoisotopic (exact) mass is 387 g/mol. The molecule has 1 unspecified atom stereocenters. The van der Waals surface area contributed by atoms with E-state index in [9.17, 15) is 14.7 Å². The van der Waals surface area contributed by atoms with Crippen molar-refractivity contribution in [1.82, 2.24) is 25.8 Å². The molecule has 2 aromatic rings. The molecule has 0 spiro atoms. The minimum Gasteiger partial charge on any atom is -0.497 e. The van der Waals surface area contributed by atoms with Gasteiger partial charge in [-0.2, -0.15) is 0 Å². The number of hydrogen-bond acceptors (Lipinski definition) is 6. The van der Waals surface area contributed by atoms with Crippen molar-refractivity contribution in [2.24, 2.45) is 0 Å². The zero-order chi connectivity index (χ0) is 19.7. The first-order chi connectivity index (χ1) is 13.5. The van der Waals surface area contributed by atoms with Crippen molar-refractivity contribution < 1.29 is 19.4 Å². The minimum absolute atomic E-state index is 0.0489. The van der Waals surface area contributed by atoms with Gasteiger partial charge in [-0.25, -0.2) is 4.79 Å². The summed E-state index contributed by atoms with van der Waals surface area (Å²) in [7, 11) is 1.58. The normalized spacial score (nSPS) is 23.0. The highest BCUT2D eigenvalue weighted by Gasteiger charge is 2.47. The van der Waals surface area contributed by atoms with Crippen LogP contribution in [0.2, 0.25) is 0 Å². The van der Waals surface area contributed by atoms with Crippen LogP contribution >= 0.6 is 0 Å². The molecular formula is C19H25N5O4. The van der Waals surface area contributed by atoms with Gasteiger partial charge in [0.25, 0.3) is 5.91 Å². The Bertz CT molecular complexity index is 905. The summed E-state index contributed by atoms with van der Waals surface area (Å²) in [5.74, 6) is 0.334. The van der Waals surface area contributed by atoms with Crippen LogP contribution < -0.4 is 26.0 Å². The molecule has 0 radical (unpaired) electrons. The number of aromatic nitrogens is 1. The Morgan fingerprint density at radius 1 is 1.32 bits per heavy atom. The average Bonchev–Trinajstić information content (AvgIpc) is 3.16. The van der Waals surface area contributed by atoms with Crippen molar-refractivity contribution in [2.75, 3.05) is 26.7 Å². The molecule has 0 saturated carbocycles. The highest BCUT2D eigenvalue weighted by molar-refractivity contribution is 6.07. The molecule has 4 rings (SSSR count). The number of amides is 3. The van der Waals surface area contributed by atoms with Gasteiger partial charge in [0.05, 0.1) is 13.7 Å². The minimum atomic E-state index is -1.17. The lowest BCUT2D eigenvalue weighted by atomic mass is 9.97. The van der Waals surface area contributed by atoms with E-state index in [1.807, 2.05) is 6.07 Å². The molecule has 1 aromatic carbocycles. The van der Waals surface area contributed by atoms with Crippen LogP contribution in [0, 0.1) is 0 Å². The first kappa shape index (κ1) is 18.6. The molecule has 5 N–H and O–H groups in total. The molecular weight excluding hydrogens is 362 g/mol. The third-order valence-corrected chi connectivity index (χ3v) is 5.55. The number of imide groups is 1. The van der Waals surface area contributed by atoms with Crippen LogP contribution in [0.4, 0.5) is 4.79 Å². The number of nitrogens with zero attached hydrogens (tertiary/aromatic N) is 1. The van der Waals surface area contributed by atoms with Crippen molar-refractivity contribution in [3.8, 4) is 11.6 Å². The summed E-state index contributed by atoms with van der Waals surface area (Å²) in [6.45, 7) is 2.25. The second kappa shape index (κ2) is 7.33. The maximum absolute atomic E-state index is 12.6. The highest BCUT2D eigenvalue weighted by atomic mass is 16.5. The molecule has 2 aliphatic rings. The fourth-order valence-corrected chi connectivity index (χ4v) is 3.94. The molecule has 9 heteroatoms. The molecule has 0 bridgehead atoms. The van der Waals surface area contributed by atoms with Crippen molar-refractivity contribution in [2.45, 2.75) is 31.0 Å². The van der Waals surface area contributed by atoms with Gasteiger partial charge >= 0.3 is 6.03 Å². The van der Waals surface area contributed by atoms with Gasteiger partial charge in [-0.05, 0) is 44.1 Å². The maximum Gasteiger partial charge on any atom is 0.322 e. The van der Waals surface area contributed by atoms with Crippen LogP contribution in [-0.4, -0.2) is 59.9 Å². The van der Waals surface area contributed by atoms with E-state index in [1.54, 1.807) is 30.0 Å². The lowest BCUT2D eigenvalue weighted by Crippen LogP contribution is -2.59. The van der Waals surface area contributed by atoms with E-state index >= 15 is 0 Å². The molecule has 150 valence electrons.